The summed E-state index contributed by atoms with van der Waals surface area (Å²) in [5, 5.41) is 2.72. The fourth-order valence-electron chi connectivity index (χ4n) is 4.44. The molecule has 1 fully saturated rings. The summed E-state index contributed by atoms with van der Waals surface area (Å²) >= 11 is 1.52. The lowest BCUT2D eigenvalue weighted by Crippen LogP contribution is -2.60. The van der Waals surface area contributed by atoms with Crippen molar-refractivity contribution in [1.29, 1.82) is 0 Å². The van der Waals surface area contributed by atoms with Gasteiger partial charge in [-0.15, -0.1) is 0 Å². The van der Waals surface area contributed by atoms with Crippen molar-refractivity contribution < 1.29 is 28.8 Å². The Kier molecular flexibility index (Phi) is 12.6. The molecule has 0 aromatic heterocycles. The van der Waals surface area contributed by atoms with E-state index in [4.69, 9.17) is 9.57 Å². The Morgan fingerprint density at radius 1 is 1.27 bits per heavy atom. The van der Waals surface area contributed by atoms with E-state index < -0.39 is 17.6 Å². The molecular formula is C27H41N3O6S. The number of nitrogens with one attached hydrogen (secondary N) is 2. The molecule has 2 rings (SSSR count). The smallest absolute Gasteiger partial charge is 0.336 e. The van der Waals surface area contributed by atoms with E-state index in [1.165, 1.54) is 18.9 Å². The van der Waals surface area contributed by atoms with E-state index in [1.807, 2.05) is 50.4 Å². The van der Waals surface area contributed by atoms with E-state index >= 15 is 0 Å². The number of likely N-dealkylation sites (N-methyl/N-ethyl adjacent to an activating group) is 1. The van der Waals surface area contributed by atoms with Crippen LogP contribution in [-0.2, 0) is 35.2 Å². The highest BCUT2D eigenvalue weighted by atomic mass is 32.2. The number of hydroxylamine groups is 1. The molecule has 206 valence electrons. The molecule has 1 aliphatic heterocycles. The van der Waals surface area contributed by atoms with Crippen LogP contribution >= 0.6 is 11.8 Å². The van der Waals surface area contributed by atoms with E-state index in [0.29, 0.717) is 25.0 Å². The fraction of sp³-hybridized carbons (Fsp3) is 0.630. The Morgan fingerprint density at radius 3 is 2.54 bits per heavy atom. The van der Waals surface area contributed by atoms with Crippen LogP contribution in [0.1, 0.15) is 51.5 Å². The summed E-state index contributed by atoms with van der Waals surface area (Å²) in [6, 6.07) is 8.72. The van der Waals surface area contributed by atoms with Gasteiger partial charge in [-0.3, -0.25) is 19.2 Å². The van der Waals surface area contributed by atoms with Gasteiger partial charge in [0, 0.05) is 19.9 Å². The minimum Gasteiger partial charge on any atom is -0.467 e. The molecule has 0 bridgehead atoms. The van der Waals surface area contributed by atoms with Crippen LogP contribution in [0.15, 0.2) is 30.3 Å². The van der Waals surface area contributed by atoms with Gasteiger partial charge in [0.25, 0.3) is 0 Å². The number of carbonyl (C=O) groups excluding carboxylic acids is 4. The predicted molar refractivity (Wildman–Crippen MR) is 144 cm³/mol. The second-order valence-corrected chi connectivity index (χ2v) is 10.5. The highest BCUT2D eigenvalue weighted by Crippen LogP contribution is 2.22. The number of ether oxygens (including phenoxy) is 1. The number of ketones is 1. The van der Waals surface area contributed by atoms with Crippen molar-refractivity contribution in [2.45, 2.75) is 70.0 Å². The quantitative estimate of drug-likeness (QED) is 0.189. The van der Waals surface area contributed by atoms with Crippen LogP contribution in [0.5, 0.6) is 0 Å². The van der Waals surface area contributed by atoms with Crippen molar-refractivity contribution in [3.63, 3.8) is 0 Å². The third-order valence-electron chi connectivity index (χ3n) is 7.11. The van der Waals surface area contributed by atoms with E-state index in [-0.39, 0.29) is 49.0 Å². The van der Waals surface area contributed by atoms with Crippen molar-refractivity contribution in [2.24, 2.45) is 5.92 Å². The van der Waals surface area contributed by atoms with Crippen LogP contribution in [0, 0.1) is 5.92 Å². The van der Waals surface area contributed by atoms with Crippen LogP contribution in [-0.4, -0.2) is 78.9 Å². The monoisotopic (exact) mass is 535 g/mol. The molecule has 1 saturated heterocycles. The van der Waals surface area contributed by atoms with E-state index in [2.05, 4.69) is 10.8 Å². The SMILES string of the molecule is CC[C@H](C)[C@@H](CON[C@@](CCSC)(C(=O)CCc1ccccc1)C(=O)OC)N(C)C(=O)[C@@H]1CCC(=O)N1. The first-order valence-electron chi connectivity index (χ1n) is 12.8. The molecule has 9 nitrogen and oxygen atoms in total. The van der Waals surface area contributed by atoms with Gasteiger partial charge in [0.15, 0.2) is 11.3 Å². The summed E-state index contributed by atoms with van der Waals surface area (Å²) in [5.41, 5.74) is 2.13. The number of carbonyl (C=O) groups is 4. The number of methoxy groups -OCH3 is 1. The summed E-state index contributed by atoms with van der Waals surface area (Å²) < 4.78 is 5.06. The number of hydrogen-bond donors (Lipinski definition) is 2. The third kappa shape index (κ3) is 8.28. The fourth-order valence-corrected chi connectivity index (χ4v) is 4.95. The molecular weight excluding hydrogens is 494 g/mol. The normalized spacial score (nSPS) is 18.4. The van der Waals surface area contributed by atoms with E-state index in [0.717, 1.165) is 12.0 Å². The largest absolute Gasteiger partial charge is 0.467 e. The van der Waals surface area contributed by atoms with Crippen molar-refractivity contribution in [1.82, 2.24) is 15.7 Å². The summed E-state index contributed by atoms with van der Waals surface area (Å²) in [7, 11) is 2.95. The standard InChI is InChI=1S/C27H41N3O6S/c1-6-19(2)22(30(3)25(33)21-13-15-24(32)28-21)18-36-29-27(16-17-37-5,26(34)35-4)23(31)14-12-20-10-8-7-9-11-20/h7-11,19,21-22,29H,6,12-18H2,1-5H3,(H,28,32)/t19-,21-,22+,27-/m0/s1. The second-order valence-electron chi connectivity index (χ2n) is 9.52. The van der Waals surface area contributed by atoms with Crippen molar-refractivity contribution >= 4 is 35.3 Å². The Morgan fingerprint density at radius 2 is 1.97 bits per heavy atom. The third-order valence-corrected chi connectivity index (χ3v) is 7.73. The number of amides is 2. The zero-order valence-electron chi connectivity index (χ0n) is 22.6. The van der Waals surface area contributed by atoms with Gasteiger partial charge < -0.3 is 15.0 Å². The molecule has 0 spiro atoms. The molecule has 1 aromatic rings. The minimum absolute atomic E-state index is 0.0574. The molecule has 0 unspecified atom stereocenters. The maximum absolute atomic E-state index is 13.5. The van der Waals surface area contributed by atoms with Crippen LogP contribution < -0.4 is 10.8 Å². The first-order chi connectivity index (χ1) is 17.7. The van der Waals surface area contributed by atoms with E-state index in [9.17, 15) is 19.2 Å². The lowest BCUT2D eigenvalue weighted by molar-refractivity contribution is -0.165. The molecule has 1 heterocycles. The number of hydrogen-bond acceptors (Lipinski definition) is 8. The molecule has 0 saturated carbocycles. The maximum atomic E-state index is 13.5. The molecule has 0 aliphatic carbocycles. The van der Waals surface area contributed by atoms with Crippen molar-refractivity contribution in [2.75, 3.05) is 32.8 Å². The number of aryl methyl sites for hydroxylation is 1. The molecule has 2 N–H and O–H groups in total. The lowest BCUT2D eigenvalue weighted by Gasteiger charge is -2.35. The number of benzene rings is 1. The number of esters is 1. The first-order valence-corrected chi connectivity index (χ1v) is 14.2. The molecule has 1 aromatic carbocycles. The predicted octanol–water partition coefficient (Wildman–Crippen LogP) is 2.53. The van der Waals surface area contributed by atoms with Crippen LogP contribution in [0.25, 0.3) is 0 Å². The number of nitrogens with zero attached hydrogens (tertiary/aromatic N) is 1. The molecule has 2 amide bonds. The van der Waals surface area contributed by atoms with Gasteiger partial charge in [-0.25, -0.2) is 4.79 Å². The number of Topliss-reactive ketones (excluding diaryl/α,β-unsaturated/α-hetero) is 1. The molecule has 4 atom stereocenters. The molecule has 37 heavy (non-hydrogen) atoms. The van der Waals surface area contributed by atoms with E-state index in [1.54, 1.807) is 11.9 Å². The minimum atomic E-state index is -1.66. The maximum Gasteiger partial charge on any atom is 0.336 e. The number of rotatable bonds is 16. The van der Waals surface area contributed by atoms with Gasteiger partial charge in [0.1, 0.15) is 6.04 Å². The lowest BCUT2D eigenvalue weighted by atomic mass is 9.88. The van der Waals surface area contributed by atoms with Crippen LogP contribution in [0.3, 0.4) is 0 Å². The topological polar surface area (TPSA) is 114 Å². The average Bonchev–Trinajstić information content (AvgIpc) is 3.36. The zero-order chi connectivity index (χ0) is 27.4. The average molecular weight is 536 g/mol. The van der Waals surface area contributed by atoms with Crippen molar-refractivity contribution in [3.05, 3.63) is 35.9 Å². The van der Waals surface area contributed by atoms with Gasteiger partial charge in [-0.1, -0.05) is 50.6 Å². The summed E-state index contributed by atoms with van der Waals surface area (Å²) in [4.78, 5) is 58.6. The van der Waals surface area contributed by atoms with Gasteiger partial charge >= 0.3 is 5.97 Å². The summed E-state index contributed by atoms with van der Waals surface area (Å²) in [5.74, 6) is -0.707. The summed E-state index contributed by atoms with van der Waals surface area (Å²) in [6.45, 7) is 4.09. The first kappa shape index (κ1) is 30.8. The Bertz CT molecular complexity index is 915. The Hall–Kier alpha value is -2.43. The van der Waals surface area contributed by atoms with Gasteiger partial charge in [0.05, 0.1) is 19.8 Å². The van der Waals surface area contributed by atoms with Gasteiger partial charge in [-0.2, -0.15) is 17.2 Å². The number of thioether (sulfide) groups is 1. The van der Waals surface area contributed by atoms with Gasteiger partial charge in [0.2, 0.25) is 11.8 Å². The Labute approximate surface area is 224 Å². The molecule has 10 heteroatoms. The van der Waals surface area contributed by atoms with Crippen LogP contribution in [0.2, 0.25) is 0 Å². The van der Waals surface area contributed by atoms with Crippen LogP contribution in [0.4, 0.5) is 0 Å². The Balaban J connectivity index is 2.17. The van der Waals surface area contributed by atoms with Gasteiger partial charge in [-0.05, 0) is 42.8 Å². The molecule has 0 radical (unpaired) electrons. The highest BCUT2D eigenvalue weighted by Gasteiger charge is 2.47. The molecule has 1 aliphatic rings. The van der Waals surface area contributed by atoms with Crippen molar-refractivity contribution in [3.8, 4) is 0 Å². The second kappa shape index (κ2) is 15.1. The highest BCUT2D eigenvalue weighted by molar-refractivity contribution is 7.98. The zero-order valence-corrected chi connectivity index (χ0v) is 23.4. The summed E-state index contributed by atoms with van der Waals surface area (Å²) in [6.07, 6.45) is 4.30.